The van der Waals surface area contributed by atoms with Crippen LogP contribution in [0.4, 0.5) is 27.8 Å². The number of benzene rings is 3. The predicted molar refractivity (Wildman–Crippen MR) is 123 cm³/mol. The summed E-state index contributed by atoms with van der Waals surface area (Å²) in [5.74, 6) is -11.9. The lowest BCUT2D eigenvalue weighted by molar-refractivity contribution is -0.115. The number of amides is 1. The summed E-state index contributed by atoms with van der Waals surface area (Å²) in [7, 11) is 0. The molecule has 4 rings (SSSR count). The smallest absolute Gasteiger partial charge is 0.230 e. The second-order valence-electron chi connectivity index (χ2n) is 7.55. The highest BCUT2D eigenvalue weighted by Gasteiger charge is 2.27. The molecule has 0 saturated carbocycles. The molecule has 10 heteroatoms. The quantitative estimate of drug-likeness (QED) is 0.198. The monoisotopic (exact) mass is 497 g/mol. The maximum Gasteiger partial charge on any atom is 0.230 e. The number of aromatic nitrogens is 2. The van der Waals surface area contributed by atoms with Gasteiger partial charge in [-0.1, -0.05) is 36.4 Å². The van der Waals surface area contributed by atoms with E-state index in [-0.39, 0.29) is 17.3 Å². The van der Waals surface area contributed by atoms with Gasteiger partial charge in [-0.15, -0.1) is 0 Å². The molecule has 182 valence electrons. The van der Waals surface area contributed by atoms with Crippen LogP contribution in [0.25, 0.3) is 23.4 Å². The van der Waals surface area contributed by atoms with Crippen molar-refractivity contribution in [3.63, 3.8) is 0 Å². The summed E-state index contributed by atoms with van der Waals surface area (Å²) in [5.41, 5.74) is 0.691. The SMILES string of the molecule is O=C(Cc1c(F)c(F)c(F)c(F)c1F)Nc1ncc(-c2ccc(O)cc2)nc1/C=C/c1ccccc1. The van der Waals surface area contributed by atoms with E-state index in [1.165, 1.54) is 18.3 Å². The molecule has 0 aliphatic heterocycles. The molecule has 0 atom stereocenters. The number of nitrogens with zero attached hydrogens (tertiary/aromatic N) is 2. The fourth-order valence-electron chi connectivity index (χ4n) is 3.27. The summed E-state index contributed by atoms with van der Waals surface area (Å²) in [6.45, 7) is 0. The average Bonchev–Trinajstić information content (AvgIpc) is 2.89. The summed E-state index contributed by atoms with van der Waals surface area (Å²) in [5, 5.41) is 11.8. The lowest BCUT2D eigenvalue weighted by Crippen LogP contribution is -2.20. The van der Waals surface area contributed by atoms with E-state index in [2.05, 4.69) is 15.3 Å². The van der Waals surface area contributed by atoms with Crippen molar-refractivity contribution < 1.29 is 31.9 Å². The molecule has 2 N–H and O–H groups in total. The fourth-order valence-corrected chi connectivity index (χ4v) is 3.27. The summed E-state index contributed by atoms with van der Waals surface area (Å²) < 4.78 is 68.3. The molecular formula is C26H16F5N3O2. The van der Waals surface area contributed by atoms with Crippen molar-refractivity contribution in [2.75, 3.05) is 5.32 Å². The van der Waals surface area contributed by atoms with Crippen molar-refractivity contribution in [2.24, 2.45) is 0 Å². The Balaban J connectivity index is 1.67. The first-order valence-electron chi connectivity index (χ1n) is 10.4. The second kappa shape index (κ2) is 10.3. The summed E-state index contributed by atoms with van der Waals surface area (Å²) in [4.78, 5) is 21.1. The molecule has 1 amide bonds. The maximum atomic E-state index is 14.0. The third-order valence-corrected chi connectivity index (χ3v) is 5.09. The zero-order valence-electron chi connectivity index (χ0n) is 18.3. The molecule has 0 aliphatic rings. The third kappa shape index (κ3) is 5.22. The highest BCUT2D eigenvalue weighted by atomic mass is 19.2. The largest absolute Gasteiger partial charge is 0.508 e. The number of phenols is 1. The Bertz CT molecular complexity index is 1430. The predicted octanol–water partition coefficient (Wildman–Crippen LogP) is 5.90. The van der Waals surface area contributed by atoms with Crippen molar-refractivity contribution in [2.45, 2.75) is 6.42 Å². The molecule has 5 nitrogen and oxygen atoms in total. The van der Waals surface area contributed by atoms with Crippen molar-refractivity contribution >= 4 is 23.9 Å². The van der Waals surface area contributed by atoms with Crippen molar-refractivity contribution in [1.82, 2.24) is 9.97 Å². The van der Waals surface area contributed by atoms with E-state index in [0.29, 0.717) is 11.3 Å². The highest BCUT2D eigenvalue weighted by molar-refractivity contribution is 5.93. The van der Waals surface area contributed by atoms with Gasteiger partial charge < -0.3 is 10.4 Å². The Morgan fingerprint density at radius 2 is 1.44 bits per heavy atom. The number of halogens is 5. The van der Waals surface area contributed by atoms with Crippen LogP contribution >= 0.6 is 0 Å². The van der Waals surface area contributed by atoms with Crippen LogP contribution in [0.3, 0.4) is 0 Å². The zero-order valence-corrected chi connectivity index (χ0v) is 18.3. The molecule has 1 aromatic heterocycles. The van der Waals surface area contributed by atoms with Gasteiger partial charge in [0.2, 0.25) is 11.7 Å². The van der Waals surface area contributed by atoms with Crippen LogP contribution in [0.1, 0.15) is 16.8 Å². The van der Waals surface area contributed by atoms with Crippen LogP contribution in [0.5, 0.6) is 5.75 Å². The number of anilines is 1. The number of rotatable bonds is 6. The molecule has 0 bridgehead atoms. The van der Waals surface area contributed by atoms with Gasteiger partial charge in [-0.2, -0.15) is 0 Å². The normalized spacial score (nSPS) is 11.1. The van der Waals surface area contributed by atoms with Crippen LogP contribution in [0.15, 0.2) is 60.8 Å². The van der Waals surface area contributed by atoms with E-state index >= 15 is 0 Å². The molecule has 36 heavy (non-hydrogen) atoms. The van der Waals surface area contributed by atoms with Crippen molar-refractivity contribution in [3.05, 3.63) is 107 Å². The minimum atomic E-state index is -2.31. The van der Waals surface area contributed by atoms with Crippen LogP contribution < -0.4 is 5.32 Å². The Hall–Kier alpha value is -4.60. The topological polar surface area (TPSA) is 75.1 Å². The molecule has 0 aliphatic carbocycles. The zero-order chi connectivity index (χ0) is 25.8. The summed E-state index contributed by atoms with van der Waals surface area (Å²) >= 11 is 0. The van der Waals surface area contributed by atoms with Crippen LogP contribution in [0, 0.1) is 29.1 Å². The molecule has 0 saturated heterocycles. The second-order valence-corrected chi connectivity index (χ2v) is 7.55. The van der Waals surface area contributed by atoms with E-state index in [4.69, 9.17) is 0 Å². The van der Waals surface area contributed by atoms with E-state index in [1.807, 2.05) is 30.3 Å². The number of hydrogen-bond acceptors (Lipinski definition) is 4. The van der Waals surface area contributed by atoms with Gasteiger partial charge in [0.15, 0.2) is 29.1 Å². The van der Waals surface area contributed by atoms with Gasteiger partial charge in [-0.3, -0.25) is 4.79 Å². The number of aromatic hydroxyl groups is 1. The molecule has 0 radical (unpaired) electrons. The van der Waals surface area contributed by atoms with Crippen LogP contribution in [0.2, 0.25) is 0 Å². The molecule has 0 unspecified atom stereocenters. The van der Waals surface area contributed by atoms with Gasteiger partial charge >= 0.3 is 0 Å². The standard InChI is InChI=1S/C26H16F5N3O2/c27-21-17(22(28)24(30)25(31)23(21)29)12-20(36)34-26-18(11-6-14-4-2-1-3-5-14)33-19(13-32-26)15-7-9-16(35)10-8-15/h1-11,13,35H,12H2,(H,32,34,36)/b11-6+. The Labute approximate surface area is 201 Å². The third-order valence-electron chi connectivity index (χ3n) is 5.09. The molecule has 3 aromatic carbocycles. The molecule has 4 aromatic rings. The van der Waals surface area contributed by atoms with Gasteiger partial charge in [0.25, 0.3) is 0 Å². The van der Waals surface area contributed by atoms with Crippen molar-refractivity contribution in [1.29, 1.82) is 0 Å². The molecule has 1 heterocycles. The van der Waals surface area contributed by atoms with E-state index in [0.717, 1.165) is 5.56 Å². The lowest BCUT2D eigenvalue weighted by atomic mass is 10.1. The minimum absolute atomic E-state index is 0.0490. The van der Waals surface area contributed by atoms with Gasteiger partial charge in [-0.05, 0) is 35.9 Å². The maximum absolute atomic E-state index is 14.0. The average molecular weight is 497 g/mol. The van der Waals surface area contributed by atoms with Gasteiger partial charge in [0.1, 0.15) is 11.4 Å². The van der Waals surface area contributed by atoms with E-state index < -0.39 is 47.0 Å². The minimum Gasteiger partial charge on any atom is -0.508 e. The van der Waals surface area contributed by atoms with E-state index in [1.54, 1.807) is 24.3 Å². The number of carbonyl (C=O) groups is 1. The highest BCUT2D eigenvalue weighted by Crippen LogP contribution is 2.25. The number of phenolic OH excluding ortho intramolecular Hbond substituents is 1. The fraction of sp³-hybridized carbons (Fsp3) is 0.0385. The van der Waals surface area contributed by atoms with E-state index in [9.17, 15) is 31.9 Å². The van der Waals surface area contributed by atoms with Crippen LogP contribution in [-0.2, 0) is 11.2 Å². The summed E-state index contributed by atoms with van der Waals surface area (Å²) in [6, 6.07) is 15.2. The van der Waals surface area contributed by atoms with Crippen molar-refractivity contribution in [3.8, 4) is 17.0 Å². The van der Waals surface area contributed by atoms with Gasteiger partial charge in [0.05, 0.1) is 18.3 Å². The molecule has 0 spiro atoms. The number of hydrogen-bond donors (Lipinski definition) is 2. The Morgan fingerprint density at radius 1 is 0.833 bits per heavy atom. The first-order chi connectivity index (χ1) is 17.2. The summed E-state index contributed by atoms with van der Waals surface area (Å²) in [6.07, 6.45) is 3.42. The molecule has 0 fully saturated rings. The van der Waals surface area contributed by atoms with Gasteiger partial charge in [0, 0.05) is 11.1 Å². The lowest BCUT2D eigenvalue weighted by Gasteiger charge is -2.11. The van der Waals surface area contributed by atoms with Crippen LogP contribution in [-0.4, -0.2) is 21.0 Å². The van der Waals surface area contributed by atoms with Gasteiger partial charge in [-0.25, -0.2) is 31.9 Å². The Kier molecular flexibility index (Phi) is 7.05. The first kappa shape index (κ1) is 24.5. The number of carbonyl (C=O) groups excluding carboxylic acids is 1. The Morgan fingerprint density at radius 3 is 2.08 bits per heavy atom. The first-order valence-corrected chi connectivity index (χ1v) is 10.4. The molecular weight excluding hydrogens is 481 g/mol. The number of nitrogens with one attached hydrogen (secondary N) is 1.